The van der Waals surface area contributed by atoms with Crippen molar-refractivity contribution in [3.05, 3.63) is 27.7 Å². The molecule has 66 valence electrons. The predicted molar refractivity (Wildman–Crippen MR) is 42.6 cm³/mol. The molecule has 1 N–H and O–H groups in total. The summed E-state index contributed by atoms with van der Waals surface area (Å²) in [5, 5.41) is 6.44. The van der Waals surface area contributed by atoms with Gasteiger partial charge in [0.15, 0.2) is 0 Å². The summed E-state index contributed by atoms with van der Waals surface area (Å²) >= 11 is 0. The topological polar surface area (TPSA) is 45.8 Å². The minimum Gasteiger partial charge on any atom is -1.00 e. The lowest BCUT2D eigenvalue weighted by atomic mass is 9.97. The standard InChI is InChI=1S/C8H10N2O.BrH/c11-8-5-6-3-1-2-4-7(6)9-10-8;/h5H,1-4H2,(H,10,11);1H. The van der Waals surface area contributed by atoms with Crippen molar-refractivity contribution in [2.24, 2.45) is 0 Å². The van der Waals surface area contributed by atoms with E-state index in [1.54, 1.807) is 6.07 Å². The number of nitrogens with zero attached hydrogens (tertiary/aromatic N) is 1. The van der Waals surface area contributed by atoms with Crippen LogP contribution in [0.2, 0.25) is 0 Å². The number of hydrogen-bond donors (Lipinski definition) is 1. The van der Waals surface area contributed by atoms with E-state index in [1.165, 1.54) is 12.8 Å². The molecule has 1 heterocycles. The molecular weight excluding hydrogens is 220 g/mol. The maximum atomic E-state index is 10.8. The van der Waals surface area contributed by atoms with Crippen LogP contribution in [0.5, 0.6) is 0 Å². The summed E-state index contributed by atoms with van der Waals surface area (Å²) in [6, 6.07) is 1.67. The molecule has 1 aromatic rings. The second-order valence-corrected chi connectivity index (χ2v) is 2.91. The van der Waals surface area contributed by atoms with Gasteiger partial charge in [0.1, 0.15) is 0 Å². The predicted octanol–water partition coefficient (Wildman–Crippen LogP) is -2.23. The minimum atomic E-state index is -0.0781. The molecule has 1 aromatic heterocycles. The van der Waals surface area contributed by atoms with Crippen LogP contribution >= 0.6 is 0 Å². The zero-order chi connectivity index (χ0) is 7.68. The zero-order valence-corrected chi connectivity index (χ0v) is 8.23. The Bertz CT molecular complexity index is 326. The average Bonchev–Trinajstić information content (AvgIpc) is 2.04. The van der Waals surface area contributed by atoms with Crippen molar-refractivity contribution in [1.29, 1.82) is 0 Å². The molecule has 12 heavy (non-hydrogen) atoms. The van der Waals surface area contributed by atoms with Crippen molar-refractivity contribution in [1.82, 2.24) is 10.2 Å². The van der Waals surface area contributed by atoms with Crippen LogP contribution < -0.4 is 22.5 Å². The van der Waals surface area contributed by atoms with E-state index in [-0.39, 0.29) is 24.0 Å². The molecule has 0 bridgehead atoms. The molecule has 0 radical (unpaired) electrons. The Morgan fingerprint density at radius 2 is 2.17 bits per heavy atom. The van der Waals surface area contributed by atoms with Crippen LogP contribution in [0.3, 0.4) is 0 Å². The Hall–Kier alpha value is -0.640. The molecule has 0 saturated heterocycles. The van der Waals surface area contributed by atoms with Crippen molar-refractivity contribution in [2.75, 3.05) is 0 Å². The first-order valence-corrected chi connectivity index (χ1v) is 3.94. The number of H-pyrrole nitrogens is 1. The van der Waals surface area contributed by atoms with Crippen LogP contribution in [-0.4, -0.2) is 10.2 Å². The highest BCUT2D eigenvalue weighted by atomic mass is 79.9. The van der Waals surface area contributed by atoms with Crippen molar-refractivity contribution in [2.45, 2.75) is 25.7 Å². The summed E-state index contributed by atoms with van der Waals surface area (Å²) in [5.74, 6) is 0. The maximum absolute atomic E-state index is 10.8. The Morgan fingerprint density at radius 1 is 1.42 bits per heavy atom. The van der Waals surface area contributed by atoms with Gasteiger partial charge in [-0.1, -0.05) is 0 Å². The lowest BCUT2D eigenvalue weighted by Gasteiger charge is -2.11. The third-order valence-electron chi connectivity index (χ3n) is 2.09. The van der Waals surface area contributed by atoms with E-state index in [0.29, 0.717) is 0 Å². The monoisotopic (exact) mass is 230 g/mol. The number of nitrogens with one attached hydrogen (secondary N) is 1. The second kappa shape index (κ2) is 3.85. The van der Waals surface area contributed by atoms with E-state index in [4.69, 9.17) is 0 Å². The molecule has 0 aliphatic heterocycles. The Labute approximate surface area is 82.5 Å². The number of rotatable bonds is 0. The summed E-state index contributed by atoms with van der Waals surface area (Å²) < 4.78 is 0. The smallest absolute Gasteiger partial charge is 1.00 e. The highest BCUT2D eigenvalue weighted by molar-refractivity contribution is 5.19. The number of hydrogen-bond acceptors (Lipinski definition) is 2. The number of aromatic amines is 1. The van der Waals surface area contributed by atoms with E-state index < -0.39 is 0 Å². The summed E-state index contributed by atoms with van der Waals surface area (Å²) in [7, 11) is 0. The fourth-order valence-corrected chi connectivity index (χ4v) is 1.51. The molecular formula is C8H11BrN2O. The van der Waals surface area contributed by atoms with Crippen molar-refractivity contribution < 1.29 is 18.4 Å². The Morgan fingerprint density at radius 3 is 3.00 bits per heavy atom. The molecule has 0 fully saturated rings. The van der Waals surface area contributed by atoms with Crippen molar-refractivity contribution in [3.8, 4) is 0 Å². The molecule has 0 atom stereocenters. The van der Waals surface area contributed by atoms with Gasteiger partial charge in [-0.3, -0.25) is 4.79 Å². The molecule has 4 heteroatoms. The van der Waals surface area contributed by atoms with Gasteiger partial charge in [0.05, 0.1) is 5.69 Å². The van der Waals surface area contributed by atoms with Crippen LogP contribution in [0.25, 0.3) is 0 Å². The van der Waals surface area contributed by atoms with Crippen molar-refractivity contribution >= 4 is 0 Å². The number of fused-ring (bicyclic) bond motifs is 1. The summed E-state index contributed by atoms with van der Waals surface area (Å²) in [6.07, 6.45) is 4.43. The summed E-state index contributed by atoms with van der Waals surface area (Å²) in [4.78, 5) is 10.8. The molecule has 2 rings (SSSR count). The highest BCUT2D eigenvalue weighted by Gasteiger charge is 2.09. The van der Waals surface area contributed by atoms with Gasteiger partial charge in [-0.05, 0) is 31.2 Å². The third kappa shape index (κ3) is 1.75. The van der Waals surface area contributed by atoms with E-state index in [2.05, 4.69) is 10.2 Å². The quantitative estimate of drug-likeness (QED) is 0.549. The molecule has 1 aliphatic rings. The van der Waals surface area contributed by atoms with Gasteiger partial charge < -0.3 is 17.0 Å². The van der Waals surface area contributed by atoms with Crippen LogP contribution in [0.4, 0.5) is 0 Å². The molecule has 0 saturated carbocycles. The fourth-order valence-electron chi connectivity index (χ4n) is 1.51. The molecule has 0 spiro atoms. The van der Waals surface area contributed by atoms with Gasteiger partial charge in [0.2, 0.25) is 0 Å². The normalized spacial score (nSPS) is 14.7. The number of halogens is 1. The Kier molecular flexibility index (Phi) is 3.03. The van der Waals surface area contributed by atoms with E-state index >= 15 is 0 Å². The zero-order valence-electron chi connectivity index (χ0n) is 7.64. The van der Waals surface area contributed by atoms with Gasteiger partial charge in [-0.15, -0.1) is 0 Å². The second-order valence-electron chi connectivity index (χ2n) is 2.91. The van der Waals surface area contributed by atoms with Gasteiger partial charge in [-0.25, -0.2) is 5.10 Å². The molecule has 0 aromatic carbocycles. The van der Waals surface area contributed by atoms with E-state index in [0.717, 1.165) is 24.1 Å². The molecule has 0 amide bonds. The van der Waals surface area contributed by atoms with Crippen LogP contribution in [0.1, 0.15) is 25.5 Å². The number of aromatic nitrogens is 2. The van der Waals surface area contributed by atoms with Crippen LogP contribution in [-0.2, 0) is 12.8 Å². The minimum absolute atomic E-state index is 0. The first-order chi connectivity index (χ1) is 5.36. The molecule has 0 unspecified atom stereocenters. The van der Waals surface area contributed by atoms with E-state index in [9.17, 15) is 4.79 Å². The van der Waals surface area contributed by atoms with E-state index in [1.807, 2.05) is 0 Å². The maximum Gasteiger partial charge on any atom is 1.00 e. The first kappa shape index (κ1) is 9.45. The average molecular weight is 231 g/mol. The summed E-state index contributed by atoms with van der Waals surface area (Å²) in [5.41, 5.74) is 2.14. The molecule has 1 aliphatic carbocycles. The third-order valence-corrected chi connectivity index (χ3v) is 2.09. The first-order valence-electron chi connectivity index (χ1n) is 3.94. The number of aryl methyl sites for hydroxylation is 2. The van der Waals surface area contributed by atoms with Gasteiger partial charge >= 0.3 is 1.43 Å². The molecule has 3 nitrogen and oxygen atoms in total. The van der Waals surface area contributed by atoms with Crippen LogP contribution in [0, 0.1) is 0 Å². The largest absolute Gasteiger partial charge is 1.00 e. The van der Waals surface area contributed by atoms with Gasteiger partial charge in [0, 0.05) is 6.07 Å². The SMILES string of the molecule is O=c1cc2c(n[nH]1)CCCC2.[Br-].[H+]. The Balaban J connectivity index is 0.000000720. The lowest BCUT2D eigenvalue weighted by molar-refractivity contribution is -0.00000244. The lowest BCUT2D eigenvalue weighted by Crippen LogP contribution is -3.00. The highest BCUT2D eigenvalue weighted by Crippen LogP contribution is 2.15. The van der Waals surface area contributed by atoms with Crippen LogP contribution in [0.15, 0.2) is 10.9 Å². The fraction of sp³-hybridized carbons (Fsp3) is 0.500. The van der Waals surface area contributed by atoms with Crippen molar-refractivity contribution in [3.63, 3.8) is 0 Å². The summed E-state index contributed by atoms with van der Waals surface area (Å²) in [6.45, 7) is 0. The van der Waals surface area contributed by atoms with Gasteiger partial charge in [0.25, 0.3) is 5.56 Å². The van der Waals surface area contributed by atoms with Gasteiger partial charge in [-0.2, -0.15) is 5.10 Å².